The summed E-state index contributed by atoms with van der Waals surface area (Å²) >= 11 is 0. The van der Waals surface area contributed by atoms with E-state index in [1.165, 1.54) is 0 Å². The molecule has 0 fully saturated rings. The summed E-state index contributed by atoms with van der Waals surface area (Å²) in [6, 6.07) is 14.9. The lowest BCUT2D eigenvalue weighted by Crippen LogP contribution is -2.24. The first-order valence-corrected chi connectivity index (χ1v) is 9.09. The summed E-state index contributed by atoms with van der Waals surface area (Å²) in [6.07, 6.45) is 6.65. The molecule has 2 aromatic heterocycles. The van der Waals surface area contributed by atoms with Crippen LogP contribution in [0, 0.1) is 0 Å². The van der Waals surface area contributed by atoms with Crippen LogP contribution in [-0.2, 0) is 6.54 Å². The van der Waals surface area contributed by atoms with Gasteiger partial charge in [0, 0.05) is 18.3 Å². The Labute approximate surface area is 159 Å². The number of hydrogen-bond donors (Lipinski definition) is 1. The highest BCUT2D eigenvalue weighted by molar-refractivity contribution is 5.94. The zero-order valence-electron chi connectivity index (χ0n) is 15.2. The number of ether oxygens (including phenoxy) is 1. The van der Waals surface area contributed by atoms with Gasteiger partial charge in [0.15, 0.2) is 0 Å². The minimum absolute atomic E-state index is 0.221. The van der Waals surface area contributed by atoms with Crippen molar-refractivity contribution < 1.29 is 9.53 Å². The molecule has 138 valence electrons. The first kappa shape index (κ1) is 18.6. The molecule has 3 aromatic rings. The third kappa shape index (κ3) is 5.14. The second-order valence-corrected chi connectivity index (χ2v) is 6.16. The van der Waals surface area contributed by atoms with Gasteiger partial charge in [-0.25, -0.2) is 4.98 Å². The molecule has 0 aliphatic heterocycles. The summed E-state index contributed by atoms with van der Waals surface area (Å²) in [4.78, 5) is 21.1. The van der Waals surface area contributed by atoms with Crippen LogP contribution >= 0.6 is 0 Å². The molecule has 0 saturated carbocycles. The van der Waals surface area contributed by atoms with Gasteiger partial charge in [-0.1, -0.05) is 24.3 Å². The number of nitrogens with zero attached hydrogens (tertiary/aromatic N) is 2. The van der Waals surface area contributed by atoms with Crippen LogP contribution in [-0.4, -0.2) is 22.5 Å². The van der Waals surface area contributed by atoms with Crippen molar-refractivity contribution in [3.63, 3.8) is 0 Å². The predicted octanol–water partition coefficient (Wildman–Crippen LogP) is 4.29. The van der Waals surface area contributed by atoms with Gasteiger partial charge < -0.3 is 10.1 Å². The van der Waals surface area contributed by atoms with Crippen molar-refractivity contribution in [2.75, 3.05) is 6.61 Å². The van der Waals surface area contributed by atoms with Gasteiger partial charge in [0.2, 0.25) is 0 Å². The number of fused-ring (bicyclic) bond motifs is 1. The van der Waals surface area contributed by atoms with Crippen LogP contribution in [0.2, 0.25) is 0 Å². The summed E-state index contributed by atoms with van der Waals surface area (Å²) in [5.74, 6) is 0.577. The molecule has 5 nitrogen and oxygen atoms in total. The number of hydrogen-bond acceptors (Lipinski definition) is 4. The molecule has 27 heavy (non-hydrogen) atoms. The first-order chi connectivity index (χ1) is 13.3. The highest BCUT2D eigenvalue weighted by Gasteiger charge is 2.10. The van der Waals surface area contributed by atoms with Crippen LogP contribution in [0.15, 0.2) is 67.4 Å². The van der Waals surface area contributed by atoms with Crippen LogP contribution in [0.25, 0.3) is 11.0 Å². The fraction of sp³-hybridized carbons (Fsp3) is 0.227. The maximum atomic E-state index is 12.5. The van der Waals surface area contributed by atoms with Crippen LogP contribution in [0.4, 0.5) is 0 Å². The molecule has 1 aromatic carbocycles. The Morgan fingerprint density at radius 2 is 1.96 bits per heavy atom. The third-order valence-electron chi connectivity index (χ3n) is 4.16. The minimum atomic E-state index is -0.221. The van der Waals surface area contributed by atoms with Crippen LogP contribution in [0.1, 0.15) is 35.3 Å². The molecule has 0 aliphatic rings. The van der Waals surface area contributed by atoms with Crippen molar-refractivity contribution in [2.24, 2.45) is 0 Å². The number of carbonyl (C=O) groups excluding carboxylic acids is 1. The average molecular weight is 361 g/mol. The minimum Gasteiger partial charge on any atom is -0.493 e. The fourth-order valence-corrected chi connectivity index (χ4v) is 2.71. The number of carbonyl (C=O) groups is 1. The van der Waals surface area contributed by atoms with Gasteiger partial charge in [0.1, 0.15) is 11.4 Å². The van der Waals surface area contributed by atoms with Crippen molar-refractivity contribution in [3.8, 4) is 5.75 Å². The van der Waals surface area contributed by atoms with Gasteiger partial charge in [0.05, 0.1) is 17.6 Å². The molecule has 0 spiro atoms. The van der Waals surface area contributed by atoms with Crippen molar-refractivity contribution >= 4 is 16.9 Å². The largest absolute Gasteiger partial charge is 0.493 e. The number of unbranched alkanes of at least 4 members (excludes halogenated alkanes) is 2. The number of aromatic nitrogens is 2. The number of amides is 1. The van der Waals surface area contributed by atoms with Crippen molar-refractivity contribution in [1.29, 1.82) is 0 Å². The quantitative estimate of drug-likeness (QED) is 0.456. The molecule has 0 atom stereocenters. The molecule has 1 N–H and O–H groups in total. The zero-order chi connectivity index (χ0) is 18.9. The van der Waals surface area contributed by atoms with Gasteiger partial charge in [-0.2, -0.15) is 0 Å². The van der Waals surface area contributed by atoms with Crippen molar-refractivity contribution in [1.82, 2.24) is 15.3 Å². The van der Waals surface area contributed by atoms with E-state index in [2.05, 4.69) is 21.9 Å². The zero-order valence-corrected chi connectivity index (χ0v) is 15.2. The molecule has 0 saturated heterocycles. The highest BCUT2D eigenvalue weighted by Crippen LogP contribution is 2.18. The number of benzene rings is 1. The maximum absolute atomic E-state index is 12.5. The second-order valence-electron chi connectivity index (χ2n) is 6.16. The molecule has 0 bridgehead atoms. The van der Waals surface area contributed by atoms with Gasteiger partial charge in [-0.3, -0.25) is 9.78 Å². The van der Waals surface area contributed by atoms with E-state index in [9.17, 15) is 4.79 Å². The Balaban J connectivity index is 1.60. The smallest absolute Gasteiger partial charge is 0.270 e. The van der Waals surface area contributed by atoms with Crippen LogP contribution in [0.3, 0.4) is 0 Å². The number of rotatable bonds is 9. The molecule has 2 heterocycles. The summed E-state index contributed by atoms with van der Waals surface area (Å²) in [5.41, 5.74) is 2.79. The summed E-state index contributed by atoms with van der Waals surface area (Å²) in [7, 11) is 0. The Morgan fingerprint density at radius 1 is 1.07 bits per heavy atom. The van der Waals surface area contributed by atoms with E-state index in [1.807, 2.05) is 36.4 Å². The van der Waals surface area contributed by atoms with Crippen molar-refractivity contribution in [2.45, 2.75) is 25.8 Å². The molecule has 5 heteroatoms. The lowest BCUT2D eigenvalue weighted by molar-refractivity contribution is 0.0946. The molecular weight excluding hydrogens is 338 g/mol. The number of para-hydroxylation sites is 1. The Hall–Kier alpha value is -3.21. The highest BCUT2D eigenvalue weighted by atomic mass is 16.5. The first-order valence-electron chi connectivity index (χ1n) is 9.09. The van der Waals surface area contributed by atoms with Crippen LogP contribution in [0.5, 0.6) is 5.75 Å². The monoisotopic (exact) mass is 361 g/mol. The average Bonchev–Trinajstić information content (AvgIpc) is 2.72. The topological polar surface area (TPSA) is 64.1 Å². The summed E-state index contributed by atoms with van der Waals surface area (Å²) < 4.78 is 5.87. The van der Waals surface area contributed by atoms with Gasteiger partial charge in [-0.15, -0.1) is 6.58 Å². The summed E-state index contributed by atoms with van der Waals surface area (Å²) in [6.45, 7) is 4.76. The lowest BCUT2D eigenvalue weighted by Gasteiger charge is -2.12. The van der Waals surface area contributed by atoms with Crippen LogP contribution < -0.4 is 10.1 Å². The normalized spacial score (nSPS) is 10.5. The Bertz CT molecular complexity index is 924. The molecular formula is C22H23N3O2. The molecule has 1 amide bonds. The number of pyridine rings is 2. The van der Waals surface area contributed by atoms with E-state index in [0.29, 0.717) is 24.4 Å². The maximum Gasteiger partial charge on any atom is 0.270 e. The SMILES string of the molecule is C=CCCCCOc1ccccc1CNC(=O)c1ccc2ncccc2n1. The fourth-order valence-electron chi connectivity index (χ4n) is 2.71. The summed E-state index contributed by atoms with van der Waals surface area (Å²) in [5, 5.41) is 2.92. The van der Waals surface area contributed by atoms with E-state index >= 15 is 0 Å². The lowest BCUT2D eigenvalue weighted by atomic mass is 10.2. The molecule has 0 aliphatic carbocycles. The van der Waals surface area contributed by atoms with Crippen molar-refractivity contribution in [3.05, 3.63) is 78.6 Å². The van der Waals surface area contributed by atoms with E-state index in [1.54, 1.807) is 24.4 Å². The third-order valence-corrected chi connectivity index (χ3v) is 4.16. The number of nitrogens with one attached hydrogen (secondary N) is 1. The molecule has 3 rings (SSSR count). The Morgan fingerprint density at radius 3 is 2.85 bits per heavy atom. The second kappa shape index (κ2) is 9.48. The van der Waals surface area contributed by atoms with E-state index in [4.69, 9.17) is 4.74 Å². The van der Waals surface area contributed by atoms with Gasteiger partial charge >= 0.3 is 0 Å². The Kier molecular flexibility index (Phi) is 6.52. The van der Waals surface area contributed by atoms with E-state index in [-0.39, 0.29) is 5.91 Å². The van der Waals surface area contributed by atoms with E-state index in [0.717, 1.165) is 36.1 Å². The van der Waals surface area contributed by atoms with Gasteiger partial charge in [-0.05, 0) is 49.6 Å². The predicted molar refractivity (Wildman–Crippen MR) is 107 cm³/mol. The molecule has 0 unspecified atom stereocenters. The van der Waals surface area contributed by atoms with Gasteiger partial charge in [0.25, 0.3) is 5.91 Å². The number of allylic oxidation sites excluding steroid dienone is 1. The standard InChI is InChI=1S/C22H23N3O2/c1-2-3-4-7-15-27-21-11-6-5-9-17(21)16-24-22(26)20-13-12-18-19(25-20)10-8-14-23-18/h2,5-6,8-14H,1,3-4,7,15-16H2,(H,24,26). The van der Waals surface area contributed by atoms with E-state index < -0.39 is 0 Å². The molecule has 0 radical (unpaired) electrons.